The van der Waals surface area contributed by atoms with Crippen LogP contribution in [0.2, 0.25) is 0 Å². The van der Waals surface area contributed by atoms with E-state index < -0.39 is 10.0 Å². The first-order valence-corrected chi connectivity index (χ1v) is 9.15. The van der Waals surface area contributed by atoms with Crippen LogP contribution in [-0.4, -0.2) is 32.4 Å². The van der Waals surface area contributed by atoms with E-state index in [2.05, 4.69) is 0 Å². The van der Waals surface area contributed by atoms with E-state index in [4.69, 9.17) is 4.74 Å². The zero-order valence-electron chi connectivity index (χ0n) is 13.2. The summed E-state index contributed by atoms with van der Waals surface area (Å²) in [5.41, 5.74) is 1.78. The summed E-state index contributed by atoms with van der Waals surface area (Å²) in [4.78, 5) is 0.390. The summed E-state index contributed by atoms with van der Waals surface area (Å²) in [6.07, 6.45) is 3.91. The van der Waals surface area contributed by atoms with E-state index >= 15 is 0 Å². The second kappa shape index (κ2) is 6.79. The van der Waals surface area contributed by atoms with Crippen molar-refractivity contribution in [3.8, 4) is 5.75 Å². The molecule has 1 aliphatic heterocycles. The molecule has 1 aliphatic rings. The van der Waals surface area contributed by atoms with Gasteiger partial charge in [0.1, 0.15) is 5.75 Å². The fourth-order valence-electron chi connectivity index (χ4n) is 2.70. The number of rotatable bonds is 5. The summed E-state index contributed by atoms with van der Waals surface area (Å²) >= 11 is 0. The molecular weight excluding hydrogens is 286 g/mol. The number of aryl methyl sites for hydroxylation is 2. The van der Waals surface area contributed by atoms with Crippen LogP contribution in [0.3, 0.4) is 0 Å². The highest BCUT2D eigenvalue weighted by atomic mass is 32.2. The van der Waals surface area contributed by atoms with Crippen LogP contribution in [0.1, 0.15) is 43.7 Å². The minimum Gasteiger partial charge on any atom is -0.493 e. The number of hydrogen-bond donors (Lipinski definition) is 0. The summed E-state index contributed by atoms with van der Waals surface area (Å²) in [7, 11) is -3.40. The second-order valence-electron chi connectivity index (χ2n) is 5.70. The molecule has 21 heavy (non-hydrogen) atoms. The third-order valence-corrected chi connectivity index (χ3v) is 5.91. The molecule has 0 radical (unpaired) electrons. The number of piperidine rings is 1. The van der Waals surface area contributed by atoms with Crippen molar-refractivity contribution in [2.75, 3.05) is 19.7 Å². The van der Waals surface area contributed by atoms with Gasteiger partial charge < -0.3 is 4.74 Å². The Hall–Kier alpha value is -1.07. The Kier molecular flexibility index (Phi) is 5.27. The van der Waals surface area contributed by atoms with Crippen LogP contribution in [0.15, 0.2) is 17.0 Å². The first-order chi connectivity index (χ1) is 9.96. The molecular formula is C16H25NO3S. The molecule has 1 saturated heterocycles. The lowest BCUT2D eigenvalue weighted by molar-refractivity contribution is 0.313. The molecule has 1 heterocycles. The SMILES string of the molecule is CCCOc1cc(S(=O)(=O)N2CCCCC2)c(C)cc1C. The zero-order valence-corrected chi connectivity index (χ0v) is 14.0. The molecule has 0 atom stereocenters. The van der Waals surface area contributed by atoms with Crippen molar-refractivity contribution < 1.29 is 13.2 Å². The van der Waals surface area contributed by atoms with E-state index in [1.165, 1.54) is 0 Å². The number of sulfonamides is 1. The van der Waals surface area contributed by atoms with Crippen LogP contribution < -0.4 is 4.74 Å². The van der Waals surface area contributed by atoms with Crippen LogP contribution >= 0.6 is 0 Å². The summed E-state index contributed by atoms with van der Waals surface area (Å²) < 4.78 is 32.9. The van der Waals surface area contributed by atoms with Crippen molar-refractivity contribution in [2.24, 2.45) is 0 Å². The van der Waals surface area contributed by atoms with E-state index in [0.717, 1.165) is 36.8 Å². The van der Waals surface area contributed by atoms with E-state index in [1.54, 1.807) is 10.4 Å². The van der Waals surface area contributed by atoms with Crippen molar-refractivity contribution >= 4 is 10.0 Å². The first-order valence-electron chi connectivity index (χ1n) is 7.71. The number of ether oxygens (including phenoxy) is 1. The Morgan fingerprint density at radius 2 is 1.76 bits per heavy atom. The third kappa shape index (κ3) is 3.58. The average molecular weight is 311 g/mol. The van der Waals surface area contributed by atoms with Gasteiger partial charge >= 0.3 is 0 Å². The van der Waals surface area contributed by atoms with Gasteiger partial charge in [-0.25, -0.2) is 8.42 Å². The lowest BCUT2D eigenvalue weighted by Crippen LogP contribution is -2.36. The molecule has 0 amide bonds. The first kappa shape index (κ1) is 16.3. The molecule has 1 aromatic rings. The van der Waals surface area contributed by atoms with Gasteiger partial charge in [-0.3, -0.25) is 0 Å². The maximum absolute atomic E-state index is 12.8. The molecule has 0 aliphatic carbocycles. The molecule has 0 saturated carbocycles. The molecule has 0 spiro atoms. The van der Waals surface area contributed by atoms with Crippen LogP contribution in [0.5, 0.6) is 5.75 Å². The molecule has 118 valence electrons. The minimum atomic E-state index is -3.40. The molecule has 1 aromatic carbocycles. The quantitative estimate of drug-likeness (QED) is 0.838. The highest BCUT2D eigenvalue weighted by molar-refractivity contribution is 7.89. The largest absolute Gasteiger partial charge is 0.493 e. The van der Waals surface area contributed by atoms with Crippen LogP contribution in [0, 0.1) is 13.8 Å². The Bertz CT molecular complexity index is 590. The van der Waals surface area contributed by atoms with Gasteiger partial charge in [0.25, 0.3) is 0 Å². The maximum atomic E-state index is 12.8. The monoisotopic (exact) mass is 311 g/mol. The summed E-state index contributed by atoms with van der Waals surface area (Å²) in [6.45, 7) is 7.70. The van der Waals surface area contributed by atoms with Crippen LogP contribution in [0.4, 0.5) is 0 Å². The smallest absolute Gasteiger partial charge is 0.243 e. The normalized spacial score (nSPS) is 16.9. The van der Waals surface area contributed by atoms with Gasteiger partial charge in [0.2, 0.25) is 10.0 Å². The van der Waals surface area contributed by atoms with Gasteiger partial charge in [0.05, 0.1) is 11.5 Å². The standard InChI is InChI=1S/C16H25NO3S/c1-4-10-20-15-12-16(14(3)11-13(15)2)21(18,19)17-8-6-5-7-9-17/h11-12H,4-10H2,1-3H3. The predicted molar refractivity (Wildman–Crippen MR) is 84.3 cm³/mol. The molecule has 0 bridgehead atoms. The molecule has 4 nitrogen and oxygen atoms in total. The topological polar surface area (TPSA) is 46.6 Å². The second-order valence-corrected chi connectivity index (χ2v) is 7.60. The fourth-order valence-corrected chi connectivity index (χ4v) is 4.44. The van der Waals surface area contributed by atoms with Gasteiger partial charge in [-0.1, -0.05) is 19.4 Å². The highest BCUT2D eigenvalue weighted by Crippen LogP contribution is 2.29. The summed E-state index contributed by atoms with van der Waals surface area (Å²) in [6, 6.07) is 3.60. The minimum absolute atomic E-state index is 0.390. The van der Waals surface area contributed by atoms with Crippen molar-refractivity contribution in [1.82, 2.24) is 4.31 Å². The van der Waals surface area contributed by atoms with Gasteiger partial charge in [-0.05, 0) is 44.2 Å². The van der Waals surface area contributed by atoms with Crippen molar-refractivity contribution in [3.05, 3.63) is 23.3 Å². The lowest BCUT2D eigenvalue weighted by Gasteiger charge is -2.27. The van der Waals surface area contributed by atoms with E-state index in [-0.39, 0.29) is 0 Å². The van der Waals surface area contributed by atoms with E-state index in [1.807, 2.05) is 26.8 Å². The molecule has 0 aromatic heterocycles. The van der Waals surface area contributed by atoms with Gasteiger partial charge in [-0.15, -0.1) is 0 Å². The van der Waals surface area contributed by atoms with Crippen molar-refractivity contribution in [3.63, 3.8) is 0 Å². The third-order valence-electron chi connectivity index (χ3n) is 3.87. The summed E-state index contributed by atoms with van der Waals surface area (Å²) in [5, 5.41) is 0. The molecule has 0 unspecified atom stereocenters. The zero-order chi connectivity index (χ0) is 15.5. The van der Waals surface area contributed by atoms with Crippen LogP contribution in [-0.2, 0) is 10.0 Å². The van der Waals surface area contributed by atoms with E-state index in [9.17, 15) is 8.42 Å². The number of nitrogens with zero attached hydrogens (tertiary/aromatic N) is 1. The van der Waals surface area contributed by atoms with Crippen LogP contribution in [0.25, 0.3) is 0 Å². The van der Waals surface area contributed by atoms with Crippen molar-refractivity contribution in [2.45, 2.75) is 51.3 Å². The van der Waals surface area contributed by atoms with Gasteiger partial charge in [0, 0.05) is 19.2 Å². The Morgan fingerprint density at radius 3 is 2.38 bits per heavy atom. The maximum Gasteiger partial charge on any atom is 0.243 e. The highest BCUT2D eigenvalue weighted by Gasteiger charge is 2.28. The van der Waals surface area contributed by atoms with E-state index in [0.29, 0.717) is 30.3 Å². The fraction of sp³-hybridized carbons (Fsp3) is 0.625. The number of benzene rings is 1. The molecule has 5 heteroatoms. The number of hydrogen-bond acceptors (Lipinski definition) is 3. The van der Waals surface area contributed by atoms with Gasteiger partial charge in [-0.2, -0.15) is 4.31 Å². The van der Waals surface area contributed by atoms with Crippen molar-refractivity contribution in [1.29, 1.82) is 0 Å². The van der Waals surface area contributed by atoms with Gasteiger partial charge in [0.15, 0.2) is 0 Å². The Morgan fingerprint density at radius 1 is 1.10 bits per heavy atom. The summed E-state index contributed by atoms with van der Waals surface area (Å²) in [5.74, 6) is 0.679. The average Bonchev–Trinajstić information content (AvgIpc) is 2.47. The Labute approximate surface area is 128 Å². The molecule has 2 rings (SSSR count). The molecule has 1 fully saturated rings. The predicted octanol–water partition coefficient (Wildman–Crippen LogP) is 3.27. The Balaban J connectivity index is 2.37. The molecule has 0 N–H and O–H groups in total. The lowest BCUT2D eigenvalue weighted by atomic mass is 10.1.